The molecule has 0 fully saturated rings. The summed E-state index contributed by atoms with van der Waals surface area (Å²) in [4.78, 5) is 4.74. The Kier molecular flexibility index (Phi) is 10.3. The smallest absolute Gasteiger partial charge is 0.183 e. The van der Waals surface area contributed by atoms with E-state index in [-0.39, 0.29) is 0 Å². The fourth-order valence-corrected chi connectivity index (χ4v) is 4.43. The quantitative estimate of drug-likeness (QED) is 0.229. The largest absolute Gasteiger partial charge is 0.248 e. The molecule has 3 rings (SSSR count). The fourth-order valence-electron chi connectivity index (χ4n) is 4.21. The number of aryl methyl sites for hydroxylation is 2. The first kappa shape index (κ1) is 24.5. The summed E-state index contributed by atoms with van der Waals surface area (Å²) < 4.78 is 1.83. The first-order valence-corrected chi connectivity index (χ1v) is 12.8. The number of aromatic nitrogens is 3. The van der Waals surface area contributed by atoms with Crippen LogP contribution in [0, 0.1) is 0 Å². The van der Waals surface area contributed by atoms with Crippen molar-refractivity contribution >= 4 is 11.6 Å². The van der Waals surface area contributed by atoms with Crippen molar-refractivity contribution in [1.82, 2.24) is 14.8 Å². The third kappa shape index (κ3) is 7.48. The van der Waals surface area contributed by atoms with Gasteiger partial charge in [0.05, 0.1) is 5.02 Å². The Morgan fingerprint density at radius 2 is 1.34 bits per heavy atom. The average molecular weight is 452 g/mol. The minimum atomic E-state index is 0.665. The summed E-state index contributed by atoms with van der Waals surface area (Å²) in [6.45, 7) is 2.28. The van der Waals surface area contributed by atoms with E-state index in [4.69, 9.17) is 16.6 Å². The Morgan fingerprint density at radius 1 is 0.750 bits per heavy atom. The lowest BCUT2D eigenvalue weighted by Gasteiger charge is -2.05. The molecule has 0 aliphatic rings. The number of hydrogen-bond donors (Lipinski definition) is 0. The van der Waals surface area contributed by atoms with Crippen LogP contribution in [-0.4, -0.2) is 14.8 Å². The number of benzene rings is 2. The first-order chi connectivity index (χ1) is 15.7. The molecule has 0 spiro atoms. The van der Waals surface area contributed by atoms with E-state index in [9.17, 15) is 0 Å². The molecule has 0 unspecified atom stereocenters. The second-order valence-corrected chi connectivity index (χ2v) is 9.25. The molecule has 1 aromatic heterocycles. The second-order valence-electron chi connectivity index (χ2n) is 8.84. The van der Waals surface area contributed by atoms with E-state index in [1.165, 1.54) is 76.2 Å². The summed E-state index contributed by atoms with van der Waals surface area (Å²) >= 11 is 6.32. The first-order valence-electron chi connectivity index (χ1n) is 12.4. The normalized spacial score (nSPS) is 11.2. The number of nitrogens with zero attached hydrogens (tertiary/aromatic N) is 3. The van der Waals surface area contributed by atoms with Crippen LogP contribution < -0.4 is 0 Å². The highest BCUT2D eigenvalue weighted by atomic mass is 35.5. The van der Waals surface area contributed by atoms with E-state index in [0.717, 1.165) is 23.4 Å². The third-order valence-electron chi connectivity index (χ3n) is 6.16. The van der Waals surface area contributed by atoms with E-state index in [1.807, 2.05) is 36.0 Å². The van der Waals surface area contributed by atoms with Crippen LogP contribution in [0.2, 0.25) is 5.02 Å². The van der Waals surface area contributed by atoms with Gasteiger partial charge in [0.25, 0.3) is 0 Å². The molecule has 0 N–H and O–H groups in total. The predicted molar refractivity (Wildman–Crippen MR) is 137 cm³/mol. The molecule has 172 valence electrons. The Bertz CT molecular complexity index is 930. The molecule has 3 nitrogen and oxygen atoms in total. The fraction of sp³-hybridized carbons (Fsp3) is 0.500. The maximum absolute atomic E-state index is 6.32. The van der Waals surface area contributed by atoms with Crippen molar-refractivity contribution in [3.63, 3.8) is 0 Å². The van der Waals surface area contributed by atoms with Gasteiger partial charge in [-0.2, -0.15) is 5.10 Å². The van der Waals surface area contributed by atoms with Gasteiger partial charge in [0.2, 0.25) is 0 Å². The van der Waals surface area contributed by atoms with E-state index in [2.05, 4.69) is 36.3 Å². The predicted octanol–water partition coefficient (Wildman–Crippen LogP) is 8.66. The Labute approximate surface area is 199 Å². The van der Waals surface area contributed by atoms with E-state index in [1.54, 1.807) is 0 Å². The zero-order valence-electron chi connectivity index (χ0n) is 19.8. The highest BCUT2D eigenvalue weighted by Crippen LogP contribution is 2.27. The van der Waals surface area contributed by atoms with Gasteiger partial charge < -0.3 is 0 Å². The molecule has 2 aromatic carbocycles. The van der Waals surface area contributed by atoms with Gasteiger partial charge in [-0.15, -0.1) is 0 Å². The Hall–Kier alpha value is -2.13. The average Bonchev–Trinajstić information content (AvgIpc) is 3.19. The van der Waals surface area contributed by atoms with E-state index < -0.39 is 0 Å². The molecule has 0 saturated heterocycles. The van der Waals surface area contributed by atoms with Crippen molar-refractivity contribution in [1.29, 1.82) is 0 Å². The van der Waals surface area contributed by atoms with Crippen LogP contribution in [0.3, 0.4) is 0 Å². The number of hydrogen-bond acceptors (Lipinski definition) is 2. The van der Waals surface area contributed by atoms with Gasteiger partial charge in [-0.3, -0.25) is 0 Å². The molecule has 4 heteroatoms. The lowest BCUT2D eigenvalue weighted by Crippen LogP contribution is -1.95. The van der Waals surface area contributed by atoms with Crippen LogP contribution in [0.15, 0.2) is 48.5 Å². The van der Waals surface area contributed by atoms with E-state index >= 15 is 0 Å². The lowest BCUT2D eigenvalue weighted by molar-refractivity contribution is 0.549. The zero-order chi connectivity index (χ0) is 22.6. The topological polar surface area (TPSA) is 30.7 Å². The molecule has 0 saturated carbocycles. The standard InChI is InChI=1S/C28H38ClN3/c1-3-4-5-6-7-8-9-10-11-12-13-16-23-19-21-24(22-20-23)28-30-27(31-32(28)2)25-17-14-15-18-26(25)29/h14-15,17-22H,3-13,16H2,1-2H3. The van der Waals surface area contributed by atoms with Crippen LogP contribution in [0.1, 0.15) is 83.1 Å². The van der Waals surface area contributed by atoms with Crippen molar-refractivity contribution < 1.29 is 0 Å². The SMILES string of the molecule is CCCCCCCCCCCCCc1ccc(-c2nc(-c3ccccc3Cl)nn2C)cc1. The van der Waals surface area contributed by atoms with Crippen molar-refractivity contribution in [2.45, 2.75) is 84.0 Å². The summed E-state index contributed by atoms with van der Waals surface area (Å²) in [6.07, 6.45) is 16.4. The van der Waals surface area contributed by atoms with Gasteiger partial charge in [0, 0.05) is 18.2 Å². The van der Waals surface area contributed by atoms with Crippen LogP contribution in [-0.2, 0) is 13.5 Å². The molecule has 0 bridgehead atoms. The maximum Gasteiger partial charge on any atom is 0.183 e. The lowest BCUT2D eigenvalue weighted by atomic mass is 10.0. The minimum absolute atomic E-state index is 0.665. The van der Waals surface area contributed by atoms with Crippen molar-refractivity contribution in [2.24, 2.45) is 7.05 Å². The highest BCUT2D eigenvalue weighted by Gasteiger charge is 2.13. The Balaban J connectivity index is 1.40. The molecule has 0 aliphatic carbocycles. The third-order valence-corrected chi connectivity index (χ3v) is 6.49. The summed E-state index contributed by atoms with van der Waals surface area (Å²) in [7, 11) is 1.93. The van der Waals surface area contributed by atoms with Gasteiger partial charge in [0.1, 0.15) is 0 Å². The molecule has 0 atom stereocenters. The molecule has 32 heavy (non-hydrogen) atoms. The summed E-state index contributed by atoms with van der Waals surface area (Å²) in [5.41, 5.74) is 3.35. The number of rotatable bonds is 14. The van der Waals surface area contributed by atoms with Gasteiger partial charge in [0.15, 0.2) is 11.6 Å². The monoisotopic (exact) mass is 451 g/mol. The van der Waals surface area contributed by atoms with Gasteiger partial charge in [-0.05, 0) is 30.5 Å². The van der Waals surface area contributed by atoms with Crippen molar-refractivity contribution in [3.05, 3.63) is 59.1 Å². The summed E-state index contributed by atoms with van der Waals surface area (Å²) in [5.74, 6) is 1.53. The number of unbranched alkanes of at least 4 members (excludes halogenated alkanes) is 10. The molecule has 0 aliphatic heterocycles. The second kappa shape index (κ2) is 13.4. The van der Waals surface area contributed by atoms with Crippen LogP contribution in [0.4, 0.5) is 0 Å². The van der Waals surface area contributed by atoms with Crippen LogP contribution >= 0.6 is 11.6 Å². The maximum atomic E-state index is 6.32. The molecule has 3 aromatic rings. The molecular formula is C28H38ClN3. The van der Waals surface area contributed by atoms with Gasteiger partial charge >= 0.3 is 0 Å². The van der Waals surface area contributed by atoms with Crippen LogP contribution in [0.25, 0.3) is 22.8 Å². The van der Waals surface area contributed by atoms with Crippen LogP contribution in [0.5, 0.6) is 0 Å². The Morgan fingerprint density at radius 3 is 1.97 bits per heavy atom. The van der Waals surface area contributed by atoms with Gasteiger partial charge in [-0.1, -0.05) is 119 Å². The minimum Gasteiger partial charge on any atom is -0.248 e. The highest BCUT2D eigenvalue weighted by molar-refractivity contribution is 6.33. The van der Waals surface area contributed by atoms with Gasteiger partial charge in [-0.25, -0.2) is 9.67 Å². The molecule has 0 amide bonds. The molecular weight excluding hydrogens is 414 g/mol. The number of halogens is 1. The van der Waals surface area contributed by atoms with Crippen molar-refractivity contribution in [2.75, 3.05) is 0 Å². The molecule has 0 radical (unpaired) electrons. The summed E-state index contributed by atoms with van der Waals surface area (Å²) in [5, 5.41) is 5.24. The molecule has 1 heterocycles. The van der Waals surface area contributed by atoms with E-state index in [0.29, 0.717) is 10.8 Å². The summed E-state index contributed by atoms with van der Waals surface area (Å²) in [6, 6.07) is 16.5. The zero-order valence-corrected chi connectivity index (χ0v) is 20.6. The van der Waals surface area contributed by atoms with Crippen molar-refractivity contribution in [3.8, 4) is 22.8 Å².